The van der Waals surface area contributed by atoms with Crippen molar-refractivity contribution in [3.63, 3.8) is 0 Å². The molecule has 1 amide bonds. The van der Waals surface area contributed by atoms with Crippen molar-refractivity contribution in [3.8, 4) is 6.07 Å². The van der Waals surface area contributed by atoms with E-state index in [1.165, 1.54) is 6.08 Å². The molecule has 2 rings (SSSR count). The van der Waals surface area contributed by atoms with Crippen molar-refractivity contribution in [1.82, 2.24) is 4.98 Å². The standard InChI is InChI=1S/C19H18ClN3O3/c1-4-26-19(25)17-11(2)16(22-12(17)3)9-13(10-21)18(24)23-15-8-6-5-7-14(15)20/h5-9,22H,4H2,1-3H3,(H,23,24)/b13-9+. The lowest BCUT2D eigenvalue weighted by Crippen LogP contribution is -2.13. The predicted octanol–water partition coefficient (Wildman–Crippen LogP) is 4.01. The molecule has 0 saturated carbocycles. The Bertz CT molecular complexity index is 923. The molecule has 0 fully saturated rings. The van der Waals surface area contributed by atoms with Gasteiger partial charge in [-0.25, -0.2) is 4.79 Å². The average Bonchev–Trinajstić information content (AvgIpc) is 2.88. The van der Waals surface area contributed by atoms with Gasteiger partial charge in [0.15, 0.2) is 0 Å². The maximum atomic E-state index is 12.4. The van der Waals surface area contributed by atoms with Gasteiger partial charge in [0.2, 0.25) is 0 Å². The van der Waals surface area contributed by atoms with Crippen molar-refractivity contribution in [2.24, 2.45) is 0 Å². The Hall–Kier alpha value is -3.04. The van der Waals surface area contributed by atoms with Gasteiger partial charge in [0.1, 0.15) is 11.6 Å². The van der Waals surface area contributed by atoms with Gasteiger partial charge in [0.25, 0.3) is 5.91 Å². The van der Waals surface area contributed by atoms with Gasteiger partial charge >= 0.3 is 5.97 Å². The highest BCUT2D eigenvalue weighted by atomic mass is 35.5. The van der Waals surface area contributed by atoms with Gasteiger partial charge in [-0.3, -0.25) is 4.79 Å². The van der Waals surface area contributed by atoms with Gasteiger partial charge < -0.3 is 15.0 Å². The van der Waals surface area contributed by atoms with E-state index >= 15 is 0 Å². The first kappa shape index (κ1) is 19.3. The molecule has 1 aromatic heterocycles. The van der Waals surface area contributed by atoms with Gasteiger partial charge in [0, 0.05) is 11.4 Å². The summed E-state index contributed by atoms with van der Waals surface area (Å²) in [6, 6.07) is 8.60. The van der Waals surface area contributed by atoms with Crippen LogP contribution >= 0.6 is 11.6 Å². The van der Waals surface area contributed by atoms with E-state index in [1.54, 1.807) is 45.0 Å². The van der Waals surface area contributed by atoms with Crippen LogP contribution in [-0.4, -0.2) is 23.5 Å². The number of nitrogens with zero attached hydrogens (tertiary/aromatic N) is 1. The number of H-pyrrole nitrogens is 1. The zero-order valence-corrected chi connectivity index (χ0v) is 15.4. The third kappa shape index (κ3) is 4.13. The molecule has 0 spiro atoms. The summed E-state index contributed by atoms with van der Waals surface area (Å²) in [5, 5.41) is 12.3. The summed E-state index contributed by atoms with van der Waals surface area (Å²) >= 11 is 6.02. The van der Waals surface area contributed by atoms with E-state index in [9.17, 15) is 14.9 Å². The molecule has 2 aromatic rings. The van der Waals surface area contributed by atoms with Crippen LogP contribution < -0.4 is 5.32 Å². The molecule has 7 heteroatoms. The van der Waals surface area contributed by atoms with Crippen molar-refractivity contribution in [2.75, 3.05) is 11.9 Å². The molecule has 134 valence electrons. The van der Waals surface area contributed by atoms with Gasteiger partial charge in [-0.1, -0.05) is 23.7 Å². The van der Waals surface area contributed by atoms with E-state index in [2.05, 4.69) is 10.3 Å². The lowest BCUT2D eigenvalue weighted by atomic mass is 10.1. The molecular formula is C19H18ClN3O3. The molecule has 1 aromatic carbocycles. The normalized spacial score (nSPS) is 11.0. The van der Waals surface area contributed by atoms with Crippen LogP contribution in [0.25, 0.3) is 6.08 Å². The maximum Gasteiger partial charge on any atom is 0.340 e. The molecule has 2 N–H and O–H groups in total. The first-order chi connectivity index (χ1) is 12.4. The number of esters is 1. The summed E-state index contributed by atoms with van der Waals surface area (Å²) in [7, 11) is 0. The average molecular weight is 372 g/mol. The van der Waals surface area contributed by atoms with Crippen molar-refractivity contribution in [2.45, 2.75) is 20.8 Å². The smallest absolute Gasteiger partial charge is 0.340 e. The fraction of sp³-hybridized carbons (Fsp3) is 0.211. The Morgan fingerprint density at radius 3 is 2.65 bits per heavy atom. The lowest BCUT2D eigenvalue weighted by Gasteiger charge is -2.06. The van der Waals surface area contributed by atoms with E-state index in [0.717, 1.165) is 0 Å². The number of anilines is 1. The Morgan fingerprint density at radius 1 is 1.35 bits per heavy atom. The van der Waals surface area contributed by atoms with Crippen LogP contribution in [0.1, 0.15) is 34.2 Å². The summed E-state index contributed by atoms with van der Waals surface area (Å²) in [5.41, 5.74) is 2.41. The van der Waals surface area contributed by atoms with Gasteiger partial charge in [0.05, 0.1) is 22.9 Å². The van der Waals surface area contributed by atoms with Crippen LogP contribution in [0.3, 0.4) is 0 Å². The maximum absolute atomic E-state index is 12.4. The number of carbonyl (C=O) groups excluding carboxylic acids is 2. The van der Waals surface area contributed by atoms with E-state index < -0.39 is 11.9 Å². The second kappa shape index (κ2) is 8.37. The van der Waals surface area contributed by atoms with Gasteiger partial charge in [-0.05, 0) is 44.5 Å². The molecule has 26 heavy (non-hydrogen) atoms. The Morgan fingerprint density at radius 2 is 2.04 bits per heavy atom. The third-order valence-corrected chi connectivity index (χ3v) is 4.06. The molecule has 0 aliphatic carbocycles. The number of nitrogens with one attached hydrogen (secondary N) is 2. The summed E-state index contributed by atoms with van der Waals surface area (Å²) in [4.78, 5) is 27.4. The second-order valence-corrected chi connectivity index (χ2v) is 5.90. The molecule has 6 nitrogen and oxygen atoms in total. The van der Waals surface area contributed by atoms with Crippen molar-refractivity contribution < 1.29 is 14.3 Å². The highest BCUT2D eigenvalue weighted by Crippen LogP contribution is 2.23. The zero-order chi connectivity index (χ0) is 19.3. The minimum absolute atomic E-state index is 0.121. The molecule has 0 radical (unpaired) electrons. The number of halogens is 1. The SMILES string of the molecule is CCOC(=O)c1c(C)[nH]c(/C=C(\C#N)C(=O)Nc2ccccc2Cl)c1C. The first-order valence-electron chi connectivity index (χ1n) is 7.93. The topological polar surface area (TPSA) is 95.0 Å². The molecule has 0 saturated heterocycles. The van der Waals surface area contributed by atoms with E-state index in [1.807, 2.05) is 6.07 Å². The highest BCUT2D eigenvalue weighted by Gasteiger charge is 2.20. The number of amides is 1. The Balaban J connectivity index is 2.33. The predicted molar refractivity (Wildman–Crippen MR) is 99.9 cm³/mol. The zero-order valence-electron chi connectivity index (χ0n) is 14.6. The molecular weight excluding hydrogens is 354 g/mol. The van der Waals surface area contributed by atoms with Crippen molar-refractivity contribution in [1.29, 1.82) is 5.26 Å². The molecule has 1 heterocycles. The lowest BCUT2D eigenvalue weighted by molar-refractivity contribution is -0.112. The van der Waals surface area contributed by atoms with Crippen LogP contribution in [0.15, 0.2) is 29.8 Å². The Labute approximate surface area is 156 Å². The van der Waals surface area contributed by atoms with Crippen molar-refractivity contribution in [3.05, 3.63) is 57.4 Å². The number of nitriles is 1. The molecule has 0 aliphatic heterocycles. The molecule has 0 unspecified atom stereocenters. The number of aryl methyl sites for hydroxylation is 1. The summed E-state index contributed by atoms with van der Waals surface area (Å²) < 4.78 is 5.04. The number of rotatable bonds is 5. The fourth-order valence-electron chi connectivity index (χ4n) is 2.47. The van der Waals surface area contributed by atoms with Gasteiger partial charge in [-0.2, -0.15) is 5.26 Å². The molecule has 0 atom stereocenters. The van der Waals surface area contributed by atoms with E-state index in [0.29, 0.717) is 33.2 Å². The number of para-hydroxylation sites is 1. The van der Waals surface area contributed by atoms with Crippen LogP contribution in [0, 0.1) is 25.2 Å². The quantitative estimate of drug-likeness (QED) is 0.471. The minimum atomic E-state index is -0.593. The monoisotopic (exact) mass is 371 g/mol. The molecule has 0 bridgehead atoms. The minimum Gasteiger partial charge on any atom is -0.462 e. The highest BCUT2D eigenvalue weighted by molar-refractivity contribution is 6.34. The van der Waals surface area contributed by atoms with Gasteiger partial charge in [-0.15, -0.1) is 0 Å². The number of ether oxygens (including phenoxy) is 1. The number of hydrogen-bond donors (Lipinski definition) is 2. The number of carbonyl (C=O) groups is 2. The van der Waals surface area contributed by atoms with Crippen LogP contribution in [0.5, 0.6) is 0 Å². The van der Waals surface area contributed by atoms with Crippen LogP contribution in [-0.2, 0) is 9.53 Å². The number of benzene rings is 1. The van der Waals surface area contributed by atoms with Crippen LogP contribution in [0.4, 0.5) is 5.69 Å². The Kier molecular flexibility index (Phi) is 6.21. The second-order valence-electron chi connectivity index (χ2n) is 5.49. The summed E-state index contributed by atoms with van der Waals surface area (Å²) in [5.74, 6) is -1.04. The number of aromatic nitrogens is 1. The first-order valence-corrected chi connectivity index (χ1v) is 8.30. The van der Waals surface area contributed by atoms with Crippen LogP contribution in [0.2, 0.25) is 5.02 Å². The summed E-state index contributed by atoms with van der Waals surface area (Å²) in [6.07, 6.45) is 1.40. The van der Waals surface area contributed by atoms with E-state index in [4.69, 9.17) is 16.3 Å². The summed E-state index contributed by atoms with van der Waals surface area (Å²) in [6.45, 7) is 5.44. The number of aromatic amines is 1. The van der Waals surface area contributed by atoms with E-state index in [-0.39, 0.29) is 12.2 Å². The largest absolute Gasteiger partial charge is 0.462 e. The fourth-order valence-corrected chi connectivity index (χ4v) is 2.66. The third-order valence-electron chi connectivity index (χ3n) is 3.73. The van der Waals surface area contributed by atoms with Crippen molar-refractivity contribution >= 4 is 35.2 Å². The molecule has 0 aliphatic rings. The number of hydrogen-bond acceptors (Lipinski definition) is 4.